The van der Waals surface area contributed by atoms with Crippen LogP contribution in [0.1, 0.15) is 24.2 Å². The lowest BCUT2D eigenvalue weighted by molar-refractivity contribution is 0.176. The van der Waals surface area contributed by atoms with Crippen molar-refractivity contribution in [3.8, 4) is 11.6 Å². The zero-order valence-electron chi connectivity index (χ0n) is 17.0. The number of ether oxygens (including phenoxy) is 2. The first-order chi connectivity index (χ1) is 14.5. The number of halogens is 2. The predicted octanol–water partition coefficient (Wildman–Crippen LogP) is 3.85. The van der Waals surface area contributed by atoms with Crippen LogP contribution in [0, 0.1) is 11.7 Å². The van der Waals surface area contributed by atoms with Crippen LogP contribution in [-0.4, -0.2) is 47.1 Å². The summed E-state index contributed by atoms with van der Waals surface area (Å²) in [6, 6.07) is 8.67. The second-order valence-corrected chi connectivity index (χ2v) is 7.75. The van der Waals surface area contributed by atoms with Crippen molar-refractivity contribution in [1.29, 1.82) is 0 Å². The van der Waals surface area contributed by atoms with Gasteiger partial charge in [-0.25, -0.2) is 9.37 Å². The Labute approximate surface area is 179 Å². The number of pyridine rings is 1. The van der Waals surface area contributed by atoms with Crippen LogP contribution >= 0.6 is 11.6 Å². The van der Waals surface area contributed by atoms with Crippen molar-refractivity contribution in [3.05, 3.63) is 58.8 Å². The highest BCUT2D eigenvalue weighted by atomic mass is 35.5. The average Bonchev–Trinajstić information content (AvgIpc) is 3.34. The standard InChI is InChI=1S/C21H23ClFN5O2/c1-13-10-27(11-16(13)15-5-4-6-17(23)20(15)22)21-26-25-18(12-29-2)28(21)14-7-8-19(30-3)24-9-14/h4-9,13,16H,10-12H2,1-3H3/t13-,16?/m0/s1. The molecule has 1 aromatic carbocycles. The van der Waals surface area contributed by atoms with Crippen LogP contribution in [0.3, 0.4) is 0 Å². The van der Waals surface area contributed by atoms with Gasteiger partial charge < -0.3 is 14.4 Å². The van der Waals surface area contributed by atoms with Gasteiger partial charge in [-0.1, -0.05) is 30.7 Å². The molecule has 0 saturated carbocycles. The molecule has 1 saturated heterocycles. The zero-order valence-corrected chi connectivity index (χ0v) is 17.8. The molecule has 3 heterocycles. The normalized spacial score (nSPS) is 18.8. The number of methoxy groups -OCH3 is 2. The molecule has 30 heavy (non-hydrogen) atoms. The molecule has 0 N–H and O–H groups in total. The molecule has 2 aromatic heterocycles. The Bertz CT molecular complexity index is 1030. The summed E-state index contributed by atoms with van der Waals surface area (Å²) in [5.41, 5.74) is 1.63. The summed E-state index contributed by atoms with van der Waals surface area (Å²) in [4.78, 5) is 6.45. The highest BCUT2D eigenvalue weighted by Crippen LogP contribution is 2.39. The van der Waals surface area contributed by atoms with Crippen LogP contribution in [0.4, 0.5) is 10.3 Å². The molecule has 9 heteroatoms. The van der Waals surface area contributed by atoms with Gasteiger partial charge in [0.05, 0.1) is 24.0 Å². The minimum atomic E-state index is -0.394. The van der Waals surface area contributed by atoms with Crippen molar-refractivity contribution in [1.82, 2.24) is 19.7 Å². The smallest absolute Gasteiger partial charge is 0.232 e. The van der Waals surface area contributed by atoms with Crippen molar-refractivity contribution in [3.63, 3.8) is 0 Å². The predicted molar refractivity (Wildman–Crippen MR) is 112 cm³/mol. The Morgan fingerprint density at radius 2 is 2.00 bits per heavy atom. The molecule has 1 aliphatic rings. The molecular weight excluding hydrogens is 409 g/mol. The highest BCUT2D eigenvalue weighted by Gasteiger charge is 2.35. The fourth-order valence-corrected chi connectivity index (χ4v) is 4.23. The topological polar surface area (TPSA) is 65.3 Å². The number of hydrogen-bond donors (Lipinski definition) is 0. The van der Waals surface area contributed by atoms with Crippen molar-refractivity contribution in [2.75, 3.05) is 32.2 Å². The van der Waals surface area contributed by atoms with Crippen LogP contribution in [0.2, 0.25) is 5.02 Å². The third-order valence-electron chi connectivity index (χ3n) is 5.45. The molecule has 0 bridgehead atoms. The van der Waals surface area contributed by atoms with Crippen LogP contribution in [0.25, 0.3) is 5.69 Å². The van der Waals surface area contributed by atoms with E-state index >= 15 is 0 Å². The maximum atomic E-state index is 14.0. The molecule has 0 radical (unpaired) electrons. The third-order valence-corrected chi connectivity index (χ3v) is 5.85. The number of benzene rings is 1. The van der Waals surface area contributed by atoms with Gasteiger partial charge in [0.15, 0.2) is 5.82 Å². The molecule has 158 valence electrons. The lowest BCUT2D eigenvalue weighted by Crippen LogP contribution is -2.24. The Morgan fingerprint density at radius 3 is 2.70 bits per heavy atom. The van der Waals surface area contributed by atoms with Crippen LogP contribution < -0.4 is 9.64 Å². The fraction of sp³-hybridized carbons (Fsp3) is 0.381. The Morgan fingerprint density at radius 1 is 1.17 bits per heavy atom. The van der Waals surface area contributed by atoms with E-state index in [1.165, 1.54) is 6.07 Å². The van der Waals surface area contributed by atoms with Crippen LogP contribution in [0.15, 0.2) is 36.5 Å². The quantitative estimate of drug-likeness (QED) is 0.590. The monoisotopic (exact) mass is 431 g/mol. The van der Waals surface area contributed by atoms with Gasteiger partial charge in [-0.3, -0.25) is 4.57 Å². The van der Waals surface area contributed by atoms with E-state index in [9.17, 15) is 4.39 Å². The second-order valence-electron chi connectivity index (χ2n) is 7.38. The number of nitrogens with zero attached hydrogens (tertiary/aromatic N) is 5. The molecule has 0 amide bonds. The van der Waals surface area contributed by atoms with E-state index in [-0.39, 0.29) is 16.9 Å². The second kappa shape index (κ2) is 8.57. The minimum Gasteiger partial charge on any atom is -0.481 e. The van der Waals surface area contributed by atoms with Gasteiger partial charge in [-0.05, 0) is 23.6 Å². The van der Waals surface area contributed by atoms with E-state index in [0.29, 0.717) is 30.8 Å². The molecular formula is C21H23ClFN5O2. The van der Waals surface area contributed by atoms with Gasteiger partial charge in [0.25, 0.3) is 0 Å². The fourth-order valence-electron chi connectivity index (χ4n) is 3.97. The summed E-state index contributed by atoms with van der Waals surface area (Å²) in [6.07, 6.45) is 1.71. The molecule has 0 spiro atoms. The van der Waals surface area contributed by atoms with Gasteiger partial charge in [-0.15, -0.1) is 10.2 Å². The highest BCUT2D eigenvalue weighted by molar-refractivity contribution is 6.31. The summed E-state index contributed by atoms with van der Waals surface area (Å²) in [6.45, 7) is 3.84. The van der Waals surface area contributed by atoms with Crippen LogP contribution in [-0.2, 0) is 11.3 Å². The van der Waals surface area contributed by atoms with E-state index in [4.69, 9.17) is 21.1 Å². The van der Waals surface area contributed by atoms with Gasteiger partial charge >= 0.3 is 0 Å². The van der Waals surface area contributed by atoms with E-state index < -0.39 is 5.82 Å². The largest absolute Gasteiger partial charge is 0.481 e. The number of anilines is 1. The summed E-state index contributed by atoms with van der Waals surface area (Å²) >= 11 is 6.27. The zero-order chi connectivity index (χ0) is 21.3. The SMILES string of the molecule is COCc1nnc(N2CC(c3cccc(F)c3Cl)[C@@H](C)C2)n1-c1ccc(OC)nc1. The molecule has 0 aliphatic carbocycles. The average molecular weight is 432 g/mol. The number of rotatable bonds is 6. The van der Waals surface area contributed by atoms with E-state index in [2.05, 4.69) is 27.0 Å². The molecule has 7 nitrogen and oxygen atoms in total. The first kappa shape index (κ1) is 20.6. The molecule has 1 fully saturated rings. The third kappa shape index (κ3) is 3.73. The summed E-state index contributed by atoms with van der Waals surface area (Å²) < 4.78 is 26.4. The van der Waals surface area contributed by atoms with Gasteiger partial charge in [0.1, 0.15) is 12.4 Å². The maximum Gasteiger partial charge on any atom is 0.232 e. The van der Waals surface area contributed by atoms with Crippen molar-refractivity contribution >= 4 is 17.5 Å². The van der Waals surface area contributed by atoms with Crippen molar-refractivity contribution < 1.29 is 13.9 Å². The van der Waals surface area contributed by atoms with Gasteiger partial charge in [0.2, 0.25) is 11.8 Å². The minimum absolute atomic E-state index is 0.0817. The Kier molecular flexibility index (Phi) is 5.87. The van der Waals surface area contributed by atoms with Crippen molar-refractivity contribution in [2.24, 2.45) is 5.92 Å². The summed E-state index contributed by atoms with van der Waals surface area (Å²) in [5.74, 6) is 1.83. The summed E-state index contributed by atoms with van der Waals surface area (Å²) in [5, 5.41) is 8.95. The molecule has 4 rings (SSSR count). The molecule has 1 aliphatic heterocycles. The van der Waals surface area contributed by atoms with Gasteiger partial charge in [0, 0.05) is 32.2 Å². The lowest BCUT2D eigenvalue weighted by atomic mass is 9.90. The number of aromatic nitrogens is 4. The van der Waals surface area contributed by atoms with Crippen LogP contribution in [0.5, 0.6) is 5.88 Å². The van der Waals surface area contributed by atoms with Gasteiger partial charge in [-0.2, -0.15) is 0 Å². The number of hydrogen-bond acceptors (Lipinski definition) is 6. The Hall–Kier alpha value is -2.71. The van der Waals surface area contributed by atoms with E-state index in [1.54, 1.807) is 32.5 Å². The Balaban J connectivity index is 1.69. The van der Waals surface area contributed by atoms with Crippen molar-refractivity contribution in [2.45, 2.75) is 19.4 Å². The first-order valence-corrected chi connectivity index (χ1v) is 10.0. The lowest BCUT2D eigenvalue weighted by Gasteiger charge is -2.20. The molecule has 3 aromatic rings. The molecule has 2 atom stereocenters. The first-order valence-electron chi connectivity index (χ1n) is 9.66. The van der Waals surface area contributed by atoms with E-state index in [1.807, 2.05) is 16.7 Å². The van der Waals surface area contributed by atoms with E-state index in [0.717, 1.165) is 17.8 Å². The molecule has 1 unspecified atom stereocenters. The maximum absolute atomic E-state index is 14.0. The summed E-state index contributed by atoms with van der Waals surface area (Å²) in [7, 11) is 3.19.